The third kappa shape index (κ3) is 4.04. The van der Waals surface area contributed by atoms with Crippen molar-refractivity contribution in [1.29, 1.82) is 0 Å². The summed E-state index contributed by atoms with van der Waals surface area (Å²) in [7, 11) is 0. The molecule has 0 saturated carbocycles. The number of nitrogens with zero attached hydrogens (tertiary/aromatic N) is 1. The van der Waals surface area contributed by atoms with Crippen LogP contribution in [0.5, 0.6) is 0 Å². The second kappa shape index (κ2) is 10.3. The fourth-order valence-electron chi connectivity index (χ4n) is 7.32. The molecule has 0 saturated heterocycles. The van der Waals surface area contributed by atoms with E-state index in [0.717, 1.165) is 55.5 Å². The van der Waals surface area contributed by atoms with Crippen LogP contribution in [0.2, 0.25) is 0 Å². The second-order valence-corrected chi connectivity index (χ2v) is 13.2. The number of fused-ring (bicyclic) bond motifs is 8. The molecule has 0 spiro atoms. The number of thiophene rings is 1. The molecule has 220 valence electrons. The van der Waals surface area contributed by atoms with Crippen molar-refractivity contribution in [1.82, 2.24) is 0 Å². The van der Waals surface area contributed by atoms with E-state index in [1.54, 1.807) is 0 Å². The highest BCUT2D eigenvalue weighted by atomic mass is 32.1. The summed E-state index contributed by atoms with van der Waals surface area (Å²) in [6, 6.07) is 58.9. The quantitative estimate of drug-likeness (QED) is 0.195. The normalized spacial score (nSPS) is 11.8. The molecular weight excluding hydrogens is 591 g/mol. The van der Waals surface area contributed by atoms with E-state index in [1.165, 1.54) is 36.3 Å². The third-order valence-corrected chi connectivity index (χ3v) is 10.5. The Labute approximate surface area is 275 Å². The van der Waals surface area contributed by atoms with Gasteiger partial charge in [-0.05, 0) is 70.3 Å². The molecule has 3 heteroatoms. The van der Waals surface area contributed by atoms with Gasteiger partial charge in [-0.3, -0.25) is 0 Å². The molecule has 0 unspecified atom stereocenters. The van der Waals surface area contributed by atoms with Crippen molar-refractivity contribution < 1.29 is 4.42 Å². The average Bonchev–Trinajstić information content (AvgIpc) is 3.69. The molecule has 0 fully saturated rings. The maximum absolute atomic E-state index is 6.84. The van der Waals surface area contributed by atoms with E-state index in [9.17, 15) is 0 Å². The van der Waals surface area contributed by atoms with Crippen molar-refractivity contribution in [3.8, 4) is 11.1 Å². The molecule has 0 aliphatic carbocycles. The van der Waals surface area contributed by atoms with Crippen LogP contribution < -0.4 is 4.90 Å². The molecule has 8 aromatic carbocycles. The summed E-state index contributed by atoms with van der Waals surface area (Å²) < 4.78 is 9.44. The standard InChI is InChI=1S/C44H27NOS/c1-3-13-28(14-4-1)41-33-19-9-10-20-34(33)43(42-35-21-11-12-22-38(35)46-44(41)42)45(31-17-5-2-6-18-31)32-23-24-39-37(27-32)36-25-29-15-7-8-16-30(29)26-40(36)47-39/h1-27H. The van der Waals surface area contributed by atoms with Gasteiger partial charge < -0.3 is 9.32 Å². The van der Waals surface area contributed by atoms with Crippen LogP contribution in [-0.4, -0.2) is 0 Å². The minimum Gasteiger partial charge on any atom is -0.455 e. The number of furan rings is 1. The van der Waals surface area contributed by atoms with Crippen molar-refractivity contribution >= 4 is 92.1 Å². The van der Waals surface area contributed by atoms with E-state index in [0.29, 0.717) is 0 Å². The first-order chi connectivity index (χ1) is 23.3. The largest absolute Gasteiger partial charge is 0.455 e. The van der Waals surface area contributed by atoms with Crippen LogP contribution in [0, 0.1) is 0 Å². The summed E-state index contributed by atoms with van der Waals surface area (Å²) in [5.74, 6) is 0. The SMILES string of the molecule is c1ccc(-c2c3ccccc3c(N(c3ccccc3)c3ccc4sc5cc6ccccc6cc5c4c3)c3c2oc2ccccc23)cc1. The molecule has 2 nitrogen and oxygen atoms in total. The van der Waals surface area contributed by atoms with E-state index >= 15 is 0 Å². The third-order valence-electron chi connectivity index (χ3n) is 9.39. The van der Waals surface area contributed by atoms with Gasteiger partial charge in [0, 0.05) is 47.9 Å². The number of benzene rings is 8. The Hall–Kier alpha value is -5.90. The first-order valence-electron chi connectivity index (χ1n) is 15.9. The van der Waals surface area contributed by atoms with E-state index in [-0.39, 0.29) is 0 Å². The number of para-hydroxylation sites is 2. The van der Waals surface area contributed by atoms with Crippen LogP contribution in [0.25, 0.3) is 74.8 Å². The van der Waals surface area contributed by atoms with Crippen LogP contribution in [0.4, 0.5) is 17.1 Å². The van der Waals surface area contributed by atoms with Crippen molar-refractivity contribution in [3.63, 3.8) is 0 Å². The van der Waals surface area contributed by atoms with Gasteiger partial charge in [-0.1, -0.05) is 115 Å². The highest BCUT2D eigenvalue weighted by molar-refractivity contribution is 7.25. The number of rotatable bonds is 4. The molecule has 0 N–H and O–H groups in total. The molecule has 0 radical (unpaired) electrons. The van der Waals surface area contributed by atoms with E-state index in [1.807, 2.05) is 11.3 Å². The molecule has 0 aliphatic heterocycles. The Morgan fingerprint density at radius 3 is 1.89 bits per heavy atom. The molecule has 0 atom stereocenters. The van der Waals surface area contributed by atoms with Gasteiger partial charge in [0.05, 0.1) is 11.1 Å². The lowest BCUT2D eigenvalue weighted by Gasteiger charge is -2.28. The lowest BCUT2D eigenvalue weighted by molar-refractivity contribution is 0.670. The molecule has 0 bridgehead atoms. The highest BCUT2D eigenvalue weighted by Crippen LogP contribution is 2.51. The van der Waals surface area contributed by atoms with E-state index < -0.39 is 0 Å². The lowest BCUT2D eigenvalue weighted by atomic mass is 9.92. The minimum atomic E-state index is 0.885. The Bertz CT molecular complexity index is 2790. The van der Waals surface area contributed by atoms with Gasteiger partial charge in [0.25, 0.3) is 0 Å². The van der Waals surface area contributed by atoms with Gasteiger partial charge in [0.2, 0.25) is 0 Å². The van der Waals surface area contributed by atoms with E-state index in [4.69, 9.17) is 4.42 Å². The maximum Gasteiger partial charge on any atom is 0.146 e. The van der Waals surface area contributed by atoms with Gasteiger partial charge in [0.1, 0.15) is 11.2 Å². The summed E-state index contributed by atoms with van der Waals surface area (Å²) >= 11 is 1.86. The van der Waals surface area contributed by atoms with Crippen LogP contribution in [0.3, 0.4) is 0 Å². The summed E-state index contributed by atoms with van der Waals surface area (Å²) in [6.07, 6.45) is 0. The fraction of sp³-hybridized carbons (Fsp3) is 0. The zero-order valence-electron chi connectivity index (χ0n) is 25.4. The van der Waals surface area contributed by atoms with Crippen molar-refractivity contribution in [2.75, 3.05) is 4.90 Å². The molecule has 0 amide bonds. The van der Waals surface area contributed by atoms with Gasteiger partial charge in [-0.25, -0.2) is 0 Å². The first-order valence-corrected chi connectivity index (χ1v) is 16.7. The van der Waals surface area contributed by atoms with Gasteiger partial charge in [-0.2, -0.15) is 0 Å². The summed E-state index contributed by atoms with van der Waals surface area (Å²) in [5, 5.41) is 9.66. The Morgan fingerprint density at radius 1 is 0.447 bits per heavy atom. The molecule has 2 aromatic heterocycles. The average molecular weight is 618 g/mol. The smallest absolute Gasteiger partial charge is 0.146 e. The molecule has 0 aliphatic rings. The predicted molar refractivity (Wildman–Crippen MR) is 202 cm³/mol. The number of hydrogen-bond acceptors (Lipinski definition) is 3. The Morgan fingerprint density at radius 2 is 1.09 bits per heavy atom. The van der Waals surface area contributed by atoms with Crippen molar-refractivity contribution in [2.24, 2.45) is 0 Å². The van der Waals surface area contributed by atoms with Crippen LogP contribution in [-0.2, 0) is 0 Å². The van der Waals surface area contributed by atoms with Gasteiger partial charge >= 0.3 is 0 Å². The molecule has 47 heavy (non-hydrogen) atoms. The van der Waals surface area contributed by atoms with Crippen LogP contribution in [0.1, 0.15) is 0 Å². The Kier molecular flexibility index (Phi) is 5.78. The summed E-state index contributed by atoms with van der Waals surface area (Å²) in [4.78, 5) is 2.44. The van der Waals surface area contributed by atoms with Crippen LogP contribution >= 0.6 is 11.3 Å². The summed E-state index contributed by atoms with van der Waals surface area (Å²) in [6.45, 7) is 0. The summed E-state index contributed by atoms with van der Waals surface area (Å²) in [5.41, 5.74) is 7.38. The molecule has 10 rings (SSSR count). The molecule has 2 heterocycles. The topological polar surface area (TPSA) is 16.4 Å². The number of anilines is 3. The van der Waals surface area contributed by atoms with Crippen molar-refractivity contribution in [3.05, 3.63) is 164 Å². The molecule has 10 aromatic rings. The second-order valence-electron chi connectivity index (χ2n) is 12.1. The zero-order valence-corrected chi connectivity index (χ0v) is 26.2. The molecular formula is C44H27NOS. The number of hydrogen-bond donors (Lipinski definition) is 0. The maximum atomic E-state index is 6.84. The zero-order chi connectivity index (χ0) is 30.9. The van der Waals surface area contributed by atoms with Gasteiger partial charge in [0.15, 0.2) is 0 Å². The predicted octanol–water partition coefficient (Wildman–Crippen LogP) is 13.4. The van der Waals surface area contributed by atoms with Gasteiger partial charge in [-0.15, -0.1) is 11.3 Å². The lowest BCUT2D eigenvalue weighted by Crippen LogP contribution is -2.11. The minimum absolute atomic E-state index is 0.885. The Balaban J connectivity index is 1.35. The van der Waals surface area contributed by atoms with Crippen LogP contribution in [0.15, 0.2) is 168 Å². The fourth-order valence-corrected chi connectivity index (χ4v) is 8.44. The highest BCUT2D eigenvalue weighted by Gasteiger charge is 2.26. The van der Waals surface area contributed by atoms with Crippen molar-refractivity contribution in [2.45, 2.75) is 0 Å². The van der Waals surface area contributed by atoms with E-state index in [2.05, 4.69) is 169 Å². The first kappa shape index (κ1) is 26.3. The monoisotopic (exact) mass is 617 g/mol.